The standard InChI is InChI=1S/C12H19N3O.2ClH/c1-8(2)11(13)12(16)15-9(3)10-6-4-5-7-14-10;;/h4-9,11H,13H2,1-3H3,(H,15,16);2*1H. The number of nitrogens with two attached hydrogens (primary N) is 1. The molecule has 0 aromatic carbocycles. The Kier molecular flexibility index (Phi) is 9.90. The molecule has 0 spiro atoms. The van der Waals surface area contributed by atoms with Crippen molar-refractivity contribution in [3.05, 3.63) is 30.1 Å². The molecule has 0 aliphatic heterocycles. The summed E-state index contributed by atoms with van der Waals surface area (Å²) in [6.45, 7) is 5.75. The largest absolute Gasteiger partial charge is 0.347 e. The minimum absolute atomic E-state index is 0. The second kappa shape index (κ2) is 9.14. The second-order valence-electron chi connectivity index (χ2n) is 4.25. The zero-order valence-electron chi connectivity index (χ0n) is 10.8. The molecule has 0 saturated heterocycles. The van der Waals surface area contributed by atoms with Crippen molar-refractivity contribution in [2.24, 2.45) is 11.7 Å². The predicted octanol–water partition coefficient (Wildman–Crippen LogP) is 2.09. The van der Waals surface area contributed by atoms with Gasteiger partial charge in [-0.1, -0.05) is 19.9 Å². The van der Waals surface area contributed by atoms with Crippen LogP contribution >= 0.6 is 24.8 Å². The molecule has 1 rings (SSSR count). The van der Waals surface area contributed by atoms with Crippen LogP contribution in [-0.4, -0.2) is 16.9 Å². The SMILES string of the molecule is CC(NC(=O)C(N)C(C)C)c1ccccn1.Cl.Cl. The van der Waals surface area contributed by atoms with E-state index in [1.54, 1.807) is 6.20 Å². The number of carbonyl (C=O) groups is 1. The fourth-order valence-electron chi connectivity index (χ4n) is 1.32. The molecule has 0 radical (unpaired) electrons. The number of carbonyl (C=O) groups excluding carboxylic acids is 1. The highest BCUT2D eigenvalue weighted by molar-refractivity contribution is 5.85. The molecule has 0 saturated carbocycles. The summed E-state index contributed by atoms with van der Waals surface area (Å²) in [5.74, 6) is 0.00378. The number of hydrogen-bond donors (Lipinski definition) is 2. The minimum Gasteiger partial charge on any atom is -0.347 e. The van der Waals surface area contributed by atoms with Gasteiger partial charge in [0, 0.05) is 6.20 Å². The average molecular weight is 294 g/mol. The minimum atomic E-state index is -0.467. The number of hydrogen-bond acceptors (Lipinski definition) is 3. The van der Waals surface area contributed by atoms with E-state index in [2.05, 4.69) is 10.3 Å². The number of rotatable bonds is 4. The molecule has 1 heterocycles. The van der Waals surface area contributed by atoms with Crippen molar-refractivity contribution >= 4 is 30.7 Å². The Balaban J connectivity index is 0. The van der Waals surface area contributed by atoms with E-state index in [4.69, 9.17) is 5.73 Å². The van der Waals surface area contributed by atoms with Crippen LogP contribution in [0.1, 0.15) is 32.5 Å². The van der Waals surface area contributed by atoms with Crippen LogP contribution in [0.5, 0.6) is 0 Å². The lowest BCUT2D eigenvalue weighted by atomic mass is 10.0. The summed E-state index contributed by atoms with van der Waals surface area (Å²) in [6, 6.07) is 5.04. The first-order chi connectivity index (χ1) is 7.52. The second-order valence-corrected chi connectivity index (χ2v) is 4.25. The lowest BCUT2D eigenvalue weighted by Crippen LogP contribution is -2.44. The molecule has 104 valence electrons. The van der Waals surface area contributed by atoms with Crippen LogP contribution in [0.25, 0.3) is 0 Å². The molecule has 1 amide bonds. The van der Waals surface area contributed by atoms with Crippen LogP contribution in [0.3, 0.4) is 0 Å². The third kappa shape index (κ3) is 5.67. The average Bonchev–Trinajstić information content (AvgIpc) is 2.28. The van der Waals surface area contributed by atoms with Crippen molar-refractivity contribution in [3.63, 3.8) is 0 Å². The summed E-state index contributed by atoms with van der Waals surface area (Å²) >= 11 is 0. The van der Waals surface area contributed by atoms with E-state index in [0.29, 0.717) is 0 Å². The molecule has 2 unspecified atom stereocenters. The molecule has 0 fully saturated rings. The first-order valence-electron chi connectivity index (χ1n) is 5.49. The summed E-state index contributed by atoms with van der Waals surface area (Å²) in [7, 11) is 0. The normalized spacial score (nSPS) is 12.9. The highest BCUT2D eigenvalue weighted by atomic mass is 35.5. The molecule has 0 aliphatic rings. The van der Waals surface area contributed by atoms with Crippen molar-refractivity contribution in [2.75, 3.05) is 0 Å². The van der Waals surface area contributed by atoms with Crippen molar-refractivity contribution in [1.29, 1.82) is 0 Å². The Labute approximate surface area is 121 Å². The van der Waals surface area contributed by atoms with Crippen LogP contribution < -0.4 is 11.1 Å². The zero-order valence-corrected chi connectivity index (χ0v) is 12.4. The maximum absolute atomic E-state index is 11.7. The van der Waals surface area contributed by atoms with E-state index >= 15 is 0 Å². The monoisotopic (exact) mass is 293 g/mol. The third-order valence-corrected chi connectivity index (χ3v) is 2.51. The molecule has 1 aromatic rings. The Morgan fingerprint density at radius 3 is 2.33 bits per heavy atom. The van der Waals surface area contributed by atoms with E-state index in [-0.39, 0.29) is 42.7 Å². The van der Waals surface area contributed by atoms with E-state index < -0.39 is 6.04 Å². The zero-order chi connectivity index (χ0) is 12.1. The Bertz CT molecular complexity index is 346. The topological polar surface area (TPSA) is 68.0 Å². The van der Waals surface area contributed by atoms with Crippen molar-refractivity contribution < 1.29 is 4.79 Å². The molecule has 6 heteroatoms. The van der Waals surface area contributed by atoms with Crippen molar-refractivity contribution in [3.8, 4) is 0 Å². The van der Waals surface area contributed by atoms with Gasteiger partial charge in [0.05, 0.1) is 17.8 Å². The number of amides is 1. The molecule has 3 N–H and O–H groups in total. The molecule has 0 aliphatic carbocycles. The Hall–Kier alpha value is -0.840. The maximum Gasteiger partial charge on any atom is 0.237 e. The maximum atomic E-state index is 11.7. The summed E-state index contributed by atoms with van der Waals surface area (Å²) in [6.07, 6.45) is 1.71. The molecule has 1 aromatic heterocycles. The molecule has 18 heavy (non-hydrogen) atoms. The number of nitrogens with one attached hydrogen (secondary N) is 1. The number of nitrogens with zero attached hydrogens (tertiary/aromatic N) is 1. The van der Waals surface area contributed by atoms with E-state index in [1.165, 1.54) is 0 Å². The highest BCUT2D eigenvalue weighted by Gasteiger charge is 2.19. The van der Waals surface area contributed by atoms with Gasteiger partial charge in [-0.25, -0.2) is 0 Å². The summed E-state index contributed by atoms with van der Waals surface area (Å²) in [4.78, 5) is 15.9. The van der Waals surface area contributed by atoms with Crippen molar-refractivity contribution in [2.45, 2.75) is 32.9 Å². The molecular formula is C12H21Cl2N3O. The smallest absolute Gasteiger partial charge is 0.237 e. The van der Waals surface area contributed by atoms with Gasteiger partial charge >= 0.3 is 0 Å². The van der Waals surface area contributed by atoms with Gasteiger partial charge in [-0.3, -0.25) is 9.78 Å². The number of halogens is 2. The quantitative estimate of drug-likeness (QED) is 0.893. The third-order valence-electron chi connectivity index (χ3n) is 2.51. The Morgan fingerprint density at radius 2 is 1.89 bits per heavy atom. The van der Waals surface area contributed by atoms with Gasteiger partial charge < -0.3 is 11.1 Å². The van der Waals surface area contributed by atoms with Gasteiger partial charge in [-0.2, -0.15) is 0 Å². The predicted molar refractivity (Wildman–Crippen MR) is 78.1 cm³/mol. The molecule has 0 bridgehead atoms. The first kappa shape index (κ1) is 19.5. The van der Waals surface area contributed by atoms with E-state index in [0.717, 1.165) is 5.69 Å². The van der Waals surface area contributed by atoms with Crippen LogP contribution in [0.15, 0.2) is 24.4 Å². The molecule has 2 atom stereocenters. The van der Waals surface area contributed by atoms with Crippen LogP contribution in [0, 0.1) is 5.92 Å². The van der Waals surface area contributed by atoms with Gasteiger partial charge in [0.2, 0.25) is 5.91 Å². The fraction of sp³-hybridized carbons (Fsp3) is 0.500. The van der Waals surface area contributed by atoms with Gasteiger partial charge in [0.15, 0.2) is 0 Å². The van der Waals surface area contributed by atoms with Gasteiger partial charge in [0.25, 0.3) is 0 Å². The summed E-state index contributed by atoms with van der Waals surface area (Å²) in [5.41, 5.74) is 6.59. The highest BCUT2D eigenvalue weighted by Crippen LogP contribution is 2.09. The van der Waals surface area contributed by atoms with E-state index in [1.807, 2.05) is 39.0 Å². The fourth-order valence-corrected chi connectivity index (χ4v) is 1.32. The first-order valence-corrected chi connectivity index (χ1v) is 5.49. The molecular weight excluding hydrogens is 273 g/mol. The summed E-state index contributed by atoms with van der Waals surface area (Å²) < 4.78 is 0. The molecule has 4 nitrogen and oxygen atoms in total. The van der Waals surface area contributed by atoms with Crippen LogP contribution in [-0.2, 0) is 4.79 Å². The van der Waals surface area contributed by atoms with Gasteiger partial charge in [-0.15, -0.1) is 24.8 Å². The lowest BCUT2D eigenvalue weighted by Gasteiger charge is -2.19. The Morgan fingerprint density at radius 1 is 1.28 bits per heavy atom. The van der Waals surface area contributed by atoms with Gasteiger partial charge in [-0.05, 0) is 25.0 Å². The van der Waals surface area contributed by atoms with E-state index in [9.17, 15) is 4.79 Å². The summed E-state index contributed by atoms with van der Waals surface area (Å²) in [5, 5.41) is 2.85. The van der Waals surface area contributed by atoms with Crippen LogP contribution in [0.2, 0.25) is 0 Å². The lowest BCUT2D eigenvalue weighted by molar-refractivity contribution is -0.123. The number of pyridine rings is 1. The number of aromatic nitrogens is 1. The van der Waals surface area contributed by atoms with Crippen molar-refractivity contribution in [1.82, 2.24) is 10.3 Å². The van der Waals surface area contributed by atoms with Crippen LogP contribution in [0.4, 0.5) is 0 Å². The van der Waals surface area contributed by atoms with Gasteiger partial charge in [0.1, 0.15) is 0 Å².